The zero-order chi connectivity index (χ0) is 9.97. The lowest BCUT2D eigenvalue weighted by Gasteiger charge is -2.18. The average Bonchev–Trinajstić information content (AvgIpc) is 2.72. The molecule has 0 aromatic rings. The van der Waals surface area contributed by atoms with Gasteiger partial charge in [0.25, 0.3) is 0 Å². The van der Waals surface area contributed by atoms with E-state index in [0.717, 1.165) is 6.54 Å². The molecule has 0 bridgehead atoms. The van der Waals surface area contributed by atoms with Crippen molar-refractivity contribution in [3.63, 3.8) is 0 Å². The minimum atomic E-state index is -0.274. The Morgan fingerprint density at radius 3 is 2.57 bits per heavy atom. The molecule has 0 radical (unpaired) electrons. The van der Waals surface area contributed by atoms with Gasteiger partial charge in [0.1, 0.15) is 6.61 Å². The van der Waals surface area contributed by atoms with Gasteiger partial charge in [-0.2, -0.15) is 0 Å². The maximum atomic E-state index is 11.1. The third-order valence-electron chi connectivity index (χ3n) is 2.43. The molecule has 0 spiro atoms. The number of rotatable bonds is 3. The predicted molar refractivity (Wildman–Crippen MR) is 47.9 cm³/mol. The minimum Gasteiger partial charge on any atom is -0.448 e. The van der Waals surface area contributed by atoms with Gasteiger partial charge in [0.15, 0.2) is 0 Å². The van der Waals surface area contributed by atoms with Gasteiger partial charge in [0.05, 0.1) is 6.54 Å². The Balaban J connectivity index is 1.76. The molecule has 2 aliphatic rings. The number of cyclic esters (lactones) is 1. The second kappa shape index (κ2) is 3.73. The van der Waals surface area contributed by atoms with E-state index in [4.69, 9.17) is 4.74 Å². The van der Waals surface area contributed by atoms with Crippen LogP contribution in [0.3, 0.4) is 0 Å². The summed E-state index contributed by atoms with van der Waals surface area (Å²) >= 11 is 0. The highest BCUT2D eigenvalue weighted by atomic mass is 16.6. The first kappa shape index (κ1) is 9.11. The first-order valence-corrected chi connectivity index (χ1v) is 4.72. The first-order valence-electron chi connectivity index (χ1n) is 4.72. The molecule has 6 nitrogen and oxygen atoms in total. The SMILES string of the molecule is O=C1NCCN1CCN1CCOC1=O. The van der Waals surface area contributed by atoms with Crippen molar-refractivity contribution in [2.24, 2.45) is 0 Å². The third-order valence-corrected chi connectivity index (χ3v) is 2.43. The maximum absolute atomic E-state index is 11.1. The molecule has 2 rings (SSSR count). The normalized spacial score (nSPS) is 21.4. The molecule has 1 N–H and O–H groups in total. The van der Waals surface area contributed by atoms with Crippen LogP contribution in [0.15, 0.2) is 0 Å². The van der Waals surface area contributed by atoms with Crippen molar-refractivity contribution in [3.8, 4) is 0 Å². The molecule has 78 valence electrons. The van der Waals surface area contributed by atoms with Gasteiger partial charge < -0.3 is 19.9 Å². The number of nitrogens with one attached hydrogen (secondary N) is 1. The van der Waals surface area contributed by atoms with Gasteiger partial charge in [0, 0.05) is 26.2 Å². The fourth-order valence-corrected chi connectivity index (χ4v) is 1.59. The molecule has 0 aliphatic carbocycles. The van der Waals surface area contributed by atoms with Crippen molar-refractivity contribution in [1.29, 1.82) is 0 Å². The lowest BCUT2D eigenvalue weighted by molar-refractivity contribution is 0.155. The molecule has 2 aliphatic heterocycles. The van der Waals surface area contributed by atoms with Crippen molar-refractivity contribution in [1.82, 2.24) is 15.1 Å². The Hall–Kier alpha value is -1.46. The van der Waals surface area contributed by atoms with E-state index in [1.807, 2.05) is 0 Å². The molecule has 14 heavy (non-hydrogen) atoms. The molecule has 0 saturated carbocycles. The molecular formula is C8H13N3O3. The van der Waals surface area contributed by atoms with E-state index in [-0.39, 0.29) is 12.1 Å². The molecule has 0 atom stereocenters. The van der Waals surface area contributed by atoms with E-state index in [1.54, 1.807) is 9.80 Å². The summed E-state index contributed by atoms with van der Waals surface area (Å²) in [6.07, 6.45) is -0.274. The summed E-state index contributed by atoms with van der Waals surface area (Å²) < 4.78 is 4.78. The topological polar surface area (TPSA) is 61.9 Å². The Bertz CT molecular complexity index is 230. The molecule has 3 amide bonds. The Morgan fingerprint density at radius 2 is 2.00 bits per heavy atom. The van der Waals surface area contributed by atoms with E-state index in [2.05, 4.69) is 5.32 Å². The second-order valence-corrected chi connectivity index (χ2v) is 3.32. The predicted octanol–water partition coefficient (Wildman–Crippen LogP) is -0.536. The van der Waals surface area contributed by atoms with Crippen LogP contribution in [0, 0.1) is 0 Å². The third kappa shape index (κ3) is 1.73. The summed E-state index contributed by atoms with van der Waals surface area (Å²) in [5.74, 6) is 0. The van der Waals surface area contributed by atoms with Crippen molar-refractivity contribution >= 4 is 12.1 Å². The van der Waals surface area contributed by atoms with E-state index in [1.165, 1.54) is 0 Å². The number of amides is 3. The summed E-state index contributed by atoms with van der Waals surface area (Å²) in [5.41, 5.74) is 0. The molecule has 2 fully saturated rings. The summed E-state index contributed by atoms with van der Waals surface area (Å²) in [7, 11) is 0. The highest BCUT2D eigenvalue weighted by Gasteiger charge is 2.24. The minimum absolute atomic E-state index is 0.0439. The van der Waals surface area contributed by atoms with Gasteiger partial charge in [-0.15, -0.1) is 0 Å². The van der Waals surface area contributed by atoms with Gasteiger partial charge in [-0.1, -0.05) is 0 Å². The largest absolute Gasteiger partial charge is 0.448 e. The molecule has 2 heterocycles. The van der Waals surface area contributed by atoms with Crippen LogP contribution in [-0.4, -0.2) is 61.3 Å². The standard InChI is InChI=1S/C8H13N3O3/c12-7-9-1-2-10(7)3-4-11-5-6-14-8(11)13/h1-6H2,(H,9,12). The van der Waals surface area contributed by atoms with Gasteiger partial charge >= 0.3 is 12.1 Å². The van der Waals surface area contributed by atoms with Gasteiger partial charge in [-0.05, 0) is 0 Å². The van der Waals surface area contributed by atoms with E-state index in [0.29, 0.717) is 32.8 Å². The molecular weight excluding hydrogens is 186 g/mol. The van der Waals surface area contributed by atoms with Crippen molar-refractivity contribution in [2.45, 2.75) is 0 Å². The quantitative estimate of drug-likeness (QED) is 0.664. The fourth-order valence-electron chi connectivity index (χ4n) is 1.59. The average molecular weight is 199 g/mol. The van der Waals surface area contributed by atoms with Crippen molar-refractivity contribution in [3.05, 3.63) is 0 Å². The number of carbonyl (C=O) groups is 2. The number of hydrogen-bond acceptors (Lipinski definition) is 3. The number of urea groups is 1. The Kier molecular flexibility index (Phi) is 2.43. The van der Waals surface area contributed by atoms with Crippen LogP contribution in [-0.2, 0) is 4.74 Å². The van der Waals surface area contributed by atoms with Crippen LogP contribution in [0.1, 0.15) is 0 Å². The molecule has 0 aromatic heterocycles. The van der Waals surface area contributed by atoms with Crippen LogP contribution in [0.2, 0.25) is 0 Å². The number of nitrogens with zero attached hydrogens (tertiary/aromatic N) is 2. The number of carbonyl (C=O) groups excluding carboxylic acids is 2. The smallest absolute Gasteiger partial charge is 0.409 e. The zero-order valence-electron chi connectivity index (χ0n) is 7.86. The van der Waals surface area contributed by atoms with E-state index in [9.17, 15) is 9.59 Å². The molecule has 0 unspecified atom stereocenters. The van der Waals surface area contributed by atoms with Crippen LogP contribution in [0.5, 0.6) is 0 Å². The van der Waals surface area contributed by atoms with Gasteiger partial charge in [-0.25, -0.2) is 9.59 Å². The number of hydrogen-bond donors (Lipinski definition) is 1. The Labute approximate surface area is 81.8 Å². The van der Waals surface area contributed by atoms with Crippen LogP contribution >= 0.6 is 0 Å². The molecule has 0 aromatic carbocycles. The lowest BCUT2D eigenvalue weighted by Crippen LogP contribution is -2.37. The van der Waals surface area contributed by atoms with Crippen molar-refractivity contribution in [2.75, 3.05) is 39.3 Å². The van der Waals surface area contributed by atoms with Crippen LogP contribution in [0.4, 0.5) is 9.59 Å². The van der Waals surface area contributed by atoms with E-state index < -0.39 is 0 Å². The summed E-state index contributed by atoms with van der Waals surface area (Å²) in [5, 5.41) is 2.71. The lowest BCUT2D eigenvalue weighted by atomic mass is 10.5. The second-order valence-electron chi connectivity index (χ2n) is 3.32. The van der Waals surface area contributed by atoms with Gasteiger partial charge in [0.2, 0.25) is 0 Å². The monoisotopic (exact) mass is 199 g/mol. The highest BCUT2D eigenvalue weighted by molar-refractivity contribution is 5.76. The first-order chi connectivity index (χ1) is 6.77. The molecule has 6 heteroatoms. The Morgan fingerprint density at radius 1 is 1.21 bits per heavy atom. The number of ether oxygens (including phenoxy) is 1. The van der Waals surface area contributed by atoms with Gasteiger partial charge in [-0.3, -0.25) is 0 Å². The van der Waals surface area contributed by atoms with Crippen molar-refractivity contribution < 1.29 is 14.3 Å². The summed E-state index contributed by atoms with van der Waals surface area (Å²) in [6, 6.07) is -0.0439. The summed E-state index contributed by atoms with van der Waals surface area (Å²) in [6.45, 7) is 3.66. The van der Waals surface area contributed by atoms with Crippen LogP contribution in [0.25, 0.3) is 0 Å². The fraction of sp³-hybridized carbons (Fsp3) is 0.750. The summed E-state index contributed by atoms with van der Waals surface area (Å²) in [4.78, 5) is 25.5. The zero-order valence-corrected chi connectivity index (χ0v) is 7.86. The molecule has 2 saturated heterocycles. The van der Waals surface area contributed by atoms with E-state index >= 15 is 0 Å². The van der Waals surface area contributed by atoms with Crippen LogP contribution < -0.4 is 5.32 Å². The highest BCUT2D eigenvalue weighted by Crippen LogP contribution is 2.04. The maximum Gasteiger partial charge on any atom is 0.409 e.